The molecule has 15 heavy (non-hydrogen) atoms. The average molecular weight is 210 g/mol. The molecule has 1 heterocycles. The van der Waals surface area contributed by atoms with Gasteiger partial charge in [0.1, 0.15) is 0 Å². The molecule has 4 nitrogen and oxygen atoms in total. The third-order valence-corrected chi connectivity index (χ3v) is 2.45. The van der Waals surface area contributed by atoms with Crippen molar-refractivity contribution in [2.24, 2.45) is 0 Å². The number of amides is 1. The Kier molecular flexibility index (Phi) is 5.16. The number of morpholine rings is 1. The van der Waals surface area contributed by atoms with Gasteiger partial charge in [0.2, 0.25) is 5.91 Å². The van der Waals surface area contributed by atoms with Gasteiger partial charge in [-0.25, -0.2) is 0 Å². The lowest BCUT2D eigenvalue weighted by atomic mass is 10.2. The van der Waals surface area contributed by atoms with Crippen molar-refractivity contribution in [1.29, 1.82) is 0 Å². The lowest BCUT2D eigenvalue weighted by molar-refractivity contribution is -0.137. The molecule has 84 valence electrons. The Morgan fingerprint density at radius 3 is 3.20 bits per heavy atom. The number of terminal acetylenes is 1. The standard InChI is InChI=1S/C11H18N2O2/c1-3-5-12-8-11(14)13-6-7-15-10(4-2)9-13/h1,10,12H,4-9H2,2H3. The quantitative estimate of drug-likeness (QED) is 0.518. The maximum absolute atomic E-state index is 11.7. The number of rotatable bonds is 4. The Hall–Kier alpha value is -1.05. The summed E-state index contributed by atoms with van der Waals surface area (Å²) in [7, 11) is 0. The molecule has 1 aliphatic heterocycles. The van der Waals surface area contributed by atoms with Crippen LogP contribution < -0.4 is 5.32 Å². The second-order valence-electron chi connectivity index (χ2n) is 3.55. The summed E-state index contributed by atoms with van der Waals surface area (Å²) in [5.74, 6) is 2.54. The lowest BCUT2D eigenvalue weighted by Crippen LogP contribution is -2.48. The van der Waals surface area contributed by atoms with E-state index in [1.165, 1.54) is 0 Å². The molecule has 0 saturated carbocycles. The molecule has 1 amide bonds. The maximum Gasteiger partial charge on any atom is 0.236 e. The van der Waals surface area contributed by atoms with Crippen LogP contribution in [0, 0.1) is 12.3 Å². The van der Waals surface area contributed by atoms with E-state index < -0.39 is 0 Å². The van der Waals surface area contributed by atoms with Gasteiger partial charge < -0.3 is 9.64 Å². The van der Waals surface area contributed by atoms with Gasteiger partial charge in [-0.3, -0.25) is 10.1 Å². The first-order chi connectivity index (χ1) is 7.27. The fourth-order valence-electron chi connectivity index (χ4n) is 1.55. The van der Waals surface area contributed by atoms with Gasteiger partial charge in [-0.15, -0.1) is 6.42 Å². The molecule has 0 spiro atoms. The zero-order valence-electron chi connectivity index (χ0n) is 9.16. The van der Waals surface area contributed by atoms with Gasteiger partial charge in [-0.05, 0) is 6.42 Å². The molecule has 1 aliphatic rings. The fourth-order valence-corrected chi connectivity index (χ4v) is 1.55. The van der Waals surface area contributed by atoms with Gasteiger partial charge in [0.25, 0.3) is 0 Å². The highest BCUT2D eigenvalue weighted by Crippen LogP contribution is 2.07. The van der Waals surface area contributed by atoms with Crippen LogP contribution in [0.1, 0.15) is 13.3 Å². The van der Waals surface area contributed by atoms with E-state index in [1.54, 1.807) is 0 Å². The van der Waals surface area contributed by atoms with Gasteiger partial charge in [0.15, 0.2) is 0 Å². The molecule has 0 radical (unpaired) electrons. The number of hydrogen-bond acceptors (Lipinski definition) is 3. The molecular formula is C11H18N2O2. The van der Waals surface area contributed by atoms with Crippen molar-refractivity contribution in [1.82, 2.24) is 10.2 Å². The molecule has 1 N–H and O–H groups in total. The number of nitrogens with one attached hydrogen (secondary N) is 1. The summed E-state index contributed by atoms with van der Waals surface area (Å²) in [4.78, 5) is 13.5. The molecule has 0 aliphatic carbocycles. The first kappa shape index (κ1) is 12.0. The van der Waals surface area contributed by atoms with E-state index in [0.29, 0.717) is 32.8 Å². The largest absolute Gasteiger partial charge is 0.375 e. The van der Waals surface area contributed by atoms with Crippen LogP contribution in [0.2, 0.25) is 0 Å². The SMILES string of the molecule is C#CCNCC(=O)N1CCOC(CC)C1. The van der Waals surface area contributed by atoms with Crippen LogP contribution in [0.3, 0.4) is 0 Å². The minimum absolute atomic E-state index is 0.104. The van der Waals surface area contributed by atoms with E-state index in [1.807, 2.05) is 4.90 Å². The first-order valence-corrected chi connectivity index (χ1v) is 5.31. The highest BCUT2D eigenvalue weighted by Gasteiger charge is 2.22. The van der Waals surface area contributed by atoms with E-state index in [-0.39, 0.29) is 12.0 Å². The van der Waals surface area contributed by atoms with Crippen molar-refractivity contribution < 1.29 is 9.53 Å². The lowest BCUT2D eigenvalue weighted by Gasteiger charge is -2.32. The monoisotopic (exact) mass is 210 g/mol. The van der Waals surface area contributed by atoms with Gasteiger partial charge in [-0.2, -0.15) is 0 Å². The fraction of sp³-hybridized carbons (Fsp3) is 0.727. The highest BCUT2D eigenvalue weighted by atomic mass is 16.5. The van der Waals surface area contributed by atoms with Crippen molar-refractivity contribution in [3.05, 3.63) is 0 Å². The number of carbonyl (C=O) groups is 1. The minimum atomic E-state index is 0.104. The molecule has 4 heteroatoms. The second-order valence-corrected chi connectivity index (χ2v) is 3.55. The van der Waals surface area contributed by atoms with E-state index in [2.05, 4.69) is 18.2 Å². The van der Waals surface area contributed by atoms with Crippen molar-refractivity contribution in [2.75, 3.05) is 32.8 Å². The summed E-state index contributed by atoms with van der Waals surface area (Å²) < 4.78 is 5.49. The Balaban J connectivity index is 2.29. The van der Waals surface area contributed by atoms with Crippen molar-refractivity contribution in [3.63, 3.8) is 0 Å². The molecule has 0 aromatic carbocycles. The van der Waals surface area contributed by atoms with E-state index in [9.17, 15) is 4.79 Å². The normalized spacial score (nSPS) is 21.1. The van der Waals surface area contributed by atoms with Crippen LogP contribution in [0.15, 0.2) is 0 Å². The molecule has 0 aromatic heterocycles. The average Bonchev–Trinajstić information content (AvgIpc) is 2.29. The highest BCUT2D eigenvalue weighted by molar-refractivity contribution is 5.78. The Morgan fingerprint density at radius 2 is 2.53 bits per heavy atom. The predicted molar refractivity (Wildman–Crippen MR) is 58.3 cm³/mol. The smallest absolute Gasteiger partial charge is 0.236 e. The van der Waals surface area contributed by atoms with Crippen LogP contribution in [-0.2, 0) is 9.53 Å². The predicted octanol–water partition coefficient (Wildman–Crippen LogP) is -0.153. The molecule has 1 rings (SSSR count). The van der Waals surface area contributed by atoms with Crippen molar-refractivity contribution in [2.45, 2.75) is 19.4 Å². The summed E-state index contributed by atoms with van der Waals surface area (Å²) in [5.41, 5.74) is 0. The molecule has 0 aromatic rings. The maximum atomic E-state index is 11.7. The zero-order valence-corrected chi connectivity index (χ0v) is 9.16. The first-order valence-electron chi connectivity index (χ1n) is 5.31. The van der Waals surface area contributed by atoms with Crippen molar-refractivity contribution >= 4 is 5.91 Å². The molecule has 1 saturated heterocycles. The minimum Gasteiger partial charge on any atom is -0.375 e. The van der Waals surface area contributed by atoms with E-state index >= 15 is 0 Å². The number of nitrogens with zero attached hydrogens (tertiary/aromatic N) is 1. The van der Waals surface area contributed by atoms with E-state index in [0.717, 1.165) is 6.42 Å². The Bertz CT molecular complexity index is 247. The summed E-state index contributed by atoms with van der Waals surface area (Å²) in [6, 6.07) is 0. The molecule has 1 fully saturated rings. The molecule has 0 bridgehead atoms. The van der Waals surface area contributed by atoms with Crippen molar-refractivity contribution in [3.8, 4) is 12.3 Å². The van der Waals surface area contributed by atoms with Crippen LogP contribution >= 0.6 is 0 Å². The number of ether oxygens (including phenoxy) is 1. The Labute approximate surface area is 91.0 Å². The summed E-state index contributed by atoms with van der Waals surface area (Å²) in [5, 5.41) is 2.90. The topological polar surface area (TPSA) is 41.6 Å². The van der Waals surface area contributed by atoms with Crippen LogP contribution in [-0.4, -0.2) is 49.7 Å². The van der Waals surface area contributed by atoms with Gasteiger partial charge >= 0.3 is 0 Å². The Morgan fingerprint density at radius 1 is 1.73 bits per heavy atom. The van der Waals surface area contributed by atoms with Crippen LogP contribution in [0.25, 0.3) is 0 Å². The van der Waals surface area contributed by atoms with Gasteiger partial charge in [0, 0.05) is 13.1 Å². The summed E-state index contributed by atoms with van der Waals surface area (Å²) >= 11 is 0. The second kappa shape index (κ2) is 6.44. The summed E-state index contributed by atoms with van der Waals surface area (Å²) in [6.07, 6.45) is 6.22. The zero-order chi connectivity index (χ0) is 11.1. The van der Waals surface area contributed by atoms with Crippen LogP contribution in [0.4, 0.5) is 0 Å². The summed E-state index contributed by atoms with van der Waals surface area (Å²) in [6.45, 7) is 4.85. The number of carbonyl (C=O) groups excluding carboxylic acids is 1. The molecule has 1 unspecified atom stereocenters. The van der Waals surface area contributed by atoms with E-state index in [4.69, 9.17) is 11.2 Å². The third-order valence-electron chi connectivity index (χ3n) is 2.45. The van der Waals surface area contributed by atoms with Gasteiger partial charge in [-0.1, -0.05) is 12.8 Å². The third kappa shape index (κ3) is 3.90. The van der Waals surface area contributed by atoms with Gasteiger partial charge in [0.05, 0.1) is 25.8 Å². The number of hydrogen-bond donors (Lipinski definition) is 1. The van der Waals surface area contributed by atoms with Crippen LogP contribution in [0.5, 0.6) is 0 Å². The molecule has 1 atom stereocenters. The molecular weight excluding hydrogens is 192 g/mol.